The van der Waals surface area contributed by atoms with Gasteiger partial charge in [0.05, 0.1) is 7.11 Å². The number of nitrogens with zero attached hydrogens (tertiary/aromatic N) is 1. The lowest BCUT2D eigenvalue weighted by Crippen LogP contribution is -2.42. The predicted molar refractivity (Wildman–Crippen MR) is 105 cm³/mol. The lowest BCUT2D eigenvalue weighted by Gasteiger charge is -2.31. The van der Waals surface area contributed by atoms with Gasteiger partial charge in [0.1, 0.15) is 5.75 Å². The first-order chi connectivity index (χ1) is 13.1. The van der Waals surface area contributed by atoms with Crippen molar-refractivity contribution in [2.75, 3.05) is 20.2 Å². The fraction of sp³-hybridized carbons (Fsp3) is 0.364. The molecule has 1 N–H and O–H groups in total. The van der Waals surface area contributed by atoms with E-state index in [1.165, 1.54) is 0 Å². The maximum Gasteiger partial charge on any atom is 0.253 e. The SMILES string of the molecule is COc1ccccc1CNC(=O)C1CCN(C(=O)c2ccc(C)cc2)CC1. The molecule has 1 saturated heterocycles. The van der Waals surface area contributed by atoms with Gasteiger partial charge < -0.3 is 15.0 Å². The van der Waals surface area contributed by atoms with E-state index in [9.17, 15) is 9.59 Å². The third-order valence-corrected chi connectivity index (χ3v) is 5.10. The Balaban J connectivity index is 1.50. The number of amides is 2. The van der Waals surface area contributed by atoms with Crippen LogP contribution in [-0.4, -0.2) is 36.9 Å². The number of para-hydroxylation sites is 1. The summed E-state index contributed by atoms with van der Waals surface area (Å²) in [6.07, 6.45) is 1.38. The average Bonchev–Trinajstić information content (AvgIpc) is 2.72. The second-order valence-corrected chi connectivity index (χ2v) is 6.96. The van der Waals surface area contributed by atoms with Gasteiger partial charge in [-0.2, -0.15) is 0 Å². The monoisotopic (exact) mass is 366 g/mol. The van der Waals surface area contributed by atoms with Gasteiger partial charge in [-0.25, -0.2) is 0 Å². The van der Waals surface area contributed by atoms with Crippen LogP contribution in [0.1, 0.15) is 34.3 Å². The molecule has 5 nitrogen and oxygen atoms in total. The molecule has 142 valence electrons. The molecule has 1 aliphatic heterocycles. The smallest absolute Gasteiger partial charge is 0.253 e. The number of benzene rings is 2. The van der Waals surface area contributed by atoms with Crippen molar-refractivity contribution in [3.8, 4) is 5.75 Å². The molecule has 1 aliphatic rings. The Morgan fingerprint density at radius 1 is 1.07 bits per heavy atom. The van der Waals surface area contributed by atoms with Crippen molar-refractivity contribution in [1.29, 1.82) is 0 Å². The largest absolute Gasteiger partial charge is 0.496 e. The highest BCUT2D eigenvalue weighted by Crippen LogP contribution is 2.21. The molecule has 0 bridgehead atoms. The van der Waals surface area contributed by atoms with Crippen molar-refractivity contribution in [3.63, 3.8) is 0 Å². The van der Waals surface area contributed by atoms with Crippen LogP contribution < -0.4 is 10.1 Å². The molecule has 0 aliphatic carbocycles. The van der Waals surface area contributed by atoms with Gasteiger partial charge in [-0.1, -0.05) is 35.9 Å². The molecule has 0 spiro atoms. The zero-order chi connectivity index (χ0) is 19.2. The molecule has 2 amide bonds. The van der Waals surface area contributed by atoms with Crippen LogP contribution in [0.5, 0.6) is 5.75 Å². The quantitative estimate of drug-likeness (QED) is 0.884. The topological polar surface area (TPSA) is 58.6 Å². The highest BCUT2D eigenvalue weighted by molar-refractivity contribution is 5.94. The summed E-state index contributed by atoms with van der Waals surface area (Å²) in [5.74, 6) is 0.810. The van der Waals surface area contributed by atoms with E-state index in [4.69, 9.17) is 4.74 Å². The van der Waals surface area contributed by atoms with E-state index in [1.807, 2.05) is 60.4 Å². The van der Waals surface area contributed by atoms with E-state index in [2.05, 4.69) is 5.32 Å². The predicted octanol–water partition coefficient (Wildman–Crippen LogP) is 3.17. The molecule has 0 radical (unpaired) electrons. The summed E-state index contributed by atoms with van der Waals surface area (Å²) in [5, 5.41) is 3.00. The Hall–Kier alpha value is -2.82. The van der Waals surface area contributed by atoms with E-state index >= 15 is 0 Å². The zero-order valence-electron chi connectivity index (χ0n) is 15.9. The summed E-state index contributed by atoms with van der Waals surface area (Å²) in [6.45, 7) is 3.67. The molecule has 2 aromatic carbocycles. The third kappa shape index (κ3) is 4.67. The first-order valence-corrected chi connectivity index (χ1v) is 9.34. The first kappa shape index (κ1) is 19.0. The minimum absolute atomic E-state index is 0.0443. The standard InChI is InChI=1S/C22H26N2O3/c1-16-7-9-18(10-8-16)22(26)24-13-11-17(12-14-24)21(25)23-15-19-5-3-4-6-20(19)27-2/h3-10,17H,11-15H2,1-2H3,(H,23,25). The normalized spacial score (nSPS) is 14.7. The number of methoxy groups -OCH3 is 1. The number of aryl methyl sites for hydroxylation is 1. The summed E-state index contributed by atoms with van der Waals surface area (Å²) in [4.78, 5) is 26.9. The summed E-state index contributed by atoms with van der Waals surface area (Å²) >= 11 is 0. The van der Waals surface area contributed by atoms with Crippen LogP contribution >= 0.6 is 0 Å². The zero-order valence-corrected chi connectivity index (χ0v) is 15.9. The number of piperidine rings is 1. The number of hydrogen-bond acceptors (Lipinski definition) is 3. The number of carbonyl (C=O) groups excluding carboxylic acids is 2. The molecule has 3 rings (SSSR count). The number of hydrogen-bond donors (Lipinski definition) is 1. The van der Waals surface area contributed by atoms with Crippen molar-refractivity contribution in [2.45, 2.75) is 26.3 Å². The van der Waals surface area contributed by atoms with Crippen molar-refractivity contribution in [2.24, 2.45) is 5.92 Å². The van der Waals surface area contributed by atoms with Crippen LogP contribution in [0, 0.1) is 12.8 Å². The number of nitrogens with one attached hydrogen (secondary N) is 1. The Labute approximate surface area is 160 Å². The fourth-order valence-electron chi connectivity index (χ4n) is 3.40. The molecular formula is C22H26N2O3. The maximum atomic E-state index is 12.6. The Morgan fingerprint density at radius 2 is 1.74 bits per heavy atom. The van der Waals surface area contributed by atoms with Crippen LogP contribution in [0.15, 0.2) is 48.5 Å². The van der Waals surface area contributed by atoms with E-state index in [0.29, 0.717) is 38.0 Å². The summed E-state index contributed by atoms with van der Waals surface area (Å²) in [7, 11) is 1.63. The molecule has 27 heavy (non-hydrogen) atoms. The van der Waals surface area contributed by atoms with Crippen molar-refractivity contribution >= 4 is 11.8 Å². The van der Waals surface area contributed by atoms with Gasteiger partial charge in [0.2, 0.25) is 5.91 Å². The molecule has 0 aromatic heterocycles. The average molecular weight is 366 g/mol. The van der Waals surface area contributed by atoms with Gasteiger partial charge >= 0.3 is 0 Å². The molecular weight excluding hydrogens is 340 g/mol. The van der Waals surface area contributed by atoms with Crippen LogP contribution in [0.2, 0.25) is 0 Å². The second-order valence-electron chi connectivity index (χ2n) is 6.96. The van der Waals surface area contributed by atoms with Crippen molar-refractivity contribution in [1.82, 2.24) is 10.2 Å². The van der Waals surface area contributed by atoms with Gasteiger partial charge in [0.25, 0.3) is 5.91 Å². The minimum Gasteiger partial charge on any atom is -0.496 e. The summed E-state index contributed by atoms with van der Waals surface area (Å²) in [6, 6.07) is 15.3. The molecule has 0 saturated carbocycles. The summed E-state index contributed by atoms with van der Waals surface area (Å²) in [5.41, 5.74) is 2.80. The van der Waals surface area contributed by atoms with Crippen LogP contribution in [0.3, 0.4) is 0 Å². The van der Waals surface area contributed by atoms with Gasteiger partial charge in [0, 0.05) is 36.7 Å². The molecule has 2 aromatic rings. The highest BCUT2D eigenvalue weighted by atomic mass is 16.5. The van der Waals surface area contributed by atoms with Crippen molar-refractivity contribution < 1.29 is 14.3 Å². The Bertz CT molecular complexity index is 793. The van der Waals surface area contributed by atoms with Crippen LogP contribution in [-0.2, 0) is 11.3 Å². The highest BCUT2D eigenvalue weighted by Gasteiger charge is 2.27. The van der Waals surface area contributed by atoms with E-state index in [0.717, 1.165) is 16.9 Å². The van der Waals surface area contributed by atoms with E-state index in [1.54, 1.807) is 7.11 Å². The molecule has 5 heteroatoms. The third-order valence-electron chi connectivity index (χ3n) is 5.10. The fourth-order valence-corrected chi connectivity index (χ4v) is 3.40. The van der Waals surface area contributed by atoms with E-state index < -0.39 is 0 Å². The van der Waals surface area contributed by atoms with Crippen LogP contribution in [0.4, 0.5) is 0 Å². The number of rotatable bonds is 5. The molecule has 1 fully saturated rings. The van der Waals surface area contributed by atoms with E-state index in [-0.39, 0.29) is 17.7 Å². The number of likely N-dealkylation sites (tertiary alicyclic amines) is 1. The maximum absolute atomic E-state index is 12.6. The lowest BCUT2D eigenvalue weighted by molar-refractivity contribution is -0.126. The first-order valence-electron chi connectivity index (χ1n) is 9.34. The van der Waals surface area contributed by atoms with Crippen molar-refractivity contribution in [3.05, 3.63) is 65.2 Å². The van der Waals surface area contributed by atoms with Gasteiger partial charge in [0.15, 0.2) is 0 Å². The second kappa shape index (κ2) is 8.71. The van der Waals surface area contributed by atoms with Crippen LogP contribution in [0.25, 0.3) is 0 Å². The van der Waals surface area contributed by atoms with Gasteiger partial charge in [-0.05, 0) is 38.0 Å². The number of ether oxygens (including phenoxy) is 1. The number of carbonyl (C=O) groups is 2. The Kier molecular flexibility index (Phi) is 6.12. The molecule has 0 unspecified atom stereocenters. The van der Waals surface area contributed by atoms with Gasteiger partial charge in [-0.3, -0.25) is 9.59 Å². The lowest BCUT2D eigenvalue weighted by atomic mass is 9.95. The summed E-state index contributed by atoms with van der Waals surface area (Å²) < 4.78 is 5.32. The van der Waals surface area contributed by atoms with Gasteiger partial charge in [-0.15, -0.1) is 0 Å². The molecule has 1 heterocycles. The molecule has 0 atom stereocenters. The minimum atomic E-state index is -0.0539. The Morgan fingerprint density at radius 3 is 2.41 bits per heavy atom.